The van der Waals surface area contributed by atoms with E-state index in [9.17, 15) is 9.59 Å². The average Bonchev–Trinajstić information content (AvgIpc) is 3.25. The number of nitrogens with zero attached hydrogens (tertiary/aromatic N) is 3. The Morgan fingerprint density at radius 1 is 1.15 bits per heavy atom. The molecule has 2 heterocycles. The van der Waals surface area contributed by atoms with Crippen molar-refractivity contribution in [3.8, 4) is 0 Å². The number of benzene rings is 2. The summed E-state index contributed by atoms with van der Waals surface area (Å²) in [5.74, 6) is -0.451. The van der Waals surface area contributed by atoms with Crippen molar-refractivity contribution in [2.75, 3.05) is 18.2 Å². The molecule has 27 heavy (non-hydrogen) atoms. The number of anilines is 1. The maximum atomic E-state index is 13.2. The van der Waals surface area contributed by atoms with E-state index >= 15 is 0 Å². The van der Waals surface area contributed by atoms with Gasteiger partial charge in [-0.1, -0.05) is 55.0 Å². The molecule has 2 amide bonds. The van der Waals surface area contributed by atoms with E-state index in [2.05, 4.69) is 6.07 Å². The number of ether oxygens (including phenoxy) is 1. The van der Waals surface area contributed by atoms with Crippen molar-refractivity contribution in [2.24, 2.45) is 11.0 Å². The van der Waals surface area contributed by atoms with Crippen LogP contribution in [0.4, 0.5) is 10.5 Å². The van der Waals surface area contributed by atoms with E-state index in [-0.39, 0.29) is 25.0 Å². The van der Waals surface area contributed by atoms with Crippen LogP contribution in [0, 0.1) is 12.8 Å². The SMILES string of the molecule is Cc1cccc(C2=NN(c3ccccc3)[C@@H](C(=O)N3CCOC3=O)[C@@H]2C)c1. The van der Waals surface area contributed by atoms with Crippen LogP contribution in [0.15, 0.2) is 59.7 Å². The molecule has 0 spiro atoms. The van der Waals surface area contributed by atoms with Crippen LogP contribution < -0.4 is 5.01 Å². The van der Waals surface area contributed by atoms with Crippen LogP contribution in [0.5, 0.6) is 0 Å². The van der Waals surface area contributed by atoms with E-state index in [1.165, 1.54) is 4.90 Å². The minimum atomic E-state index is -0.589. The summed E-state index contributed by atoms with van der Waals surface area (Å²) >= 11 is 0. The Morgan fingerprint density at radius 2 is 1.93 bits per heavy atom. The molecule has 4 rings (SSSR count). The Morgan fingerprint density at radius 3 is 2.59 bits per heavy atom. The summed E-state index contributed by atoms with van der Waals surface area (Å²) in [6.07, 6.45) is -0.579. The number of amides is 2. The number of rotatable bonds is 3. The average molecular weight is 363 g/mol. The number of imide groups is 1. The largest absolute Gasteiger partial charge is 0.447 e. The number of cyclic esters (lactones) is 1. The number of aryl methyl sites for hydroxylation is 1. The molecule has 0 unspecified atom stereocenters. The number of hydrazone groups is 1. The maximum Gasteiger partial charge on any atom is 0.416 e. The molecule has 2 aromatic carbocycles. The first-order valence-corrected chi connectivity index (χ1v) is 9.04. The van der Waals surface area contributed by atoms with Crippen LogP contribution >= 0.6 is 0 Å². The molecule has 0 aromatic heterocycles. The fourth-order valence-corrected chi connectivity index (χ4v) is 3.63. The fourth-order valence-electron chi connectivity index (χ4n) is 3.63. The molecular weight excluding hydrogens is 342 g/mol. The second kappa shape index (κ2) is 6.87. The first-order valence-electron chi connectivity index (χ1n) is 9.04. The molecule has 0 bridgehead atoms. The van der Waals surface area contributed by atoms with Gasteiger partial charge in [0.1, 0.15) is 12.6 Å². The molecule has 2 aliphatic rings. The van der Waals surface area contributed by atoms with E-state index in [0.29, 0.717) is 0 Å². The standard InChI is InChI=1S/C21H21N3O3/c1-14-7-6-8-16(13-14)18-15(2)19(20(25)23-11-12-27-21(23)26)24(22-18)17-9-4-3-5-10-17/h3-10,13,15,19H,11-12H2,1-2H3/t15-,19-/m1/s1. The predicted molar refractivity (Wildman–Crippen MR) is 103 cm³/mol. The van der Waals surface area contributed by atoms with Crippen LogP contribution in [0.25, 0.3) is 0 Å². The second-order valence-corrected chi connectivity index (χ2v) is 6.87. The molecular formula is C21H21N3O3. The van der Waals surface area contributed by atoms with Gasteiger partial charge >= 0.3 is 6.09 Å². The summed E-state index contributed by atoms with van der Waals surface area (Å²) in [5, 5.41) is 6.53. The predicted octanol–water partition coefficient (Wildman–Crippen LogP) is 3.20. The molecule has 0 radical (unpaired) electrons. The van der Waals surface area contributed by atoms with Crippen LogP contribution in [-0.2, 0) is 9.53 Å². The Hall–Kier alpha value is -3.15. The zero-order chi connectivity index (χ0) is 19.0. The van der Waals surface area contributed by atoms with Gasteiger partial charge < -0.3 is 4.74 Å². The van der Waals surface area contributed by atoms with E-state index < -0.39 is 12.1 Å². The Balaban J connectivity index is 1.75. The van der Waals surface area contributed by atoms with Crippen molar-refractivity contribution in [1.82, 2.24) is 4.90 Å². The highest BCUT2D eigenvalue weighted by Gasteiger charge is 2.45. The third-order valence-electron chi connectivity index (χ3n) is 5.00. The molecule has 6 heteroatoms. The molecule has 138 valence electrons. The Labute approximate surface area is 158 Å². The molecule has 6 nitrogen and oxygen atoms in total. The van der Waals surface area contributed by atoms with Crippen molar-refractivity contribution in [1.29, 1.82) is 0 Å². The molecule has 0 saturated carbocycles. The normalized spacial score (nSPS) is 22.0. The van der Waals surface area contributed by atoms with Crippen LogP contribution in [-0.4, -0.2) is 41.8 Å². The van der Waals surface area contributed by atoms with Gasteiger partial charge in [0, 0.05) is 5.92 Å². The number of carbonyl (C=O) groups excluding carboxylic acids is 2. The van der Waals surface area contributed by atoms with Gasteiger partial charge in [-0.15, -0.1) is 0 Å². The summed E-state index contributed by atoms with van der Waals surface area (Å²) in [6, 6.07) is 17.1. The first-order chi connectivity index (χ1) is 13.1. The molecule has 2 aliphatic heterocycles. The van der Waals surface area contributed by atoms with Gasteiger partial charge in [0.2, 0.25) is 0 Å². The van der Waals surface area contributed by atoms with Crippen molar-refractivity contribution in [3.63, 3.8) is 0 Å². The lowest BCUT2D eigenvalue weighted by Gasteiger charge is -2.27. The van der Waals surface area contributed by atoms with E-state index in [1.807, 2.05) is 62.4 Å². The minimum Gasteiger partial charge on any atom is -0.447 e. The Kier molecular flexibility index (Phi) is 4.39. The zero-order valence-corrected chi connectivity index (χ0v) is 15.3. The lowest BCUT2D eigenvalue weighted by Crippen LogP contribution is -2.48. The number of hydrogen-bond acceptors (Lipinski definition) is 5. The van der Waals surface area contributed by atoms with Crippen molar-refractivity contribution < 1.29 is 14.3 Å². The highest BCUT2D eigenvalue weighted by Crippen LogP contribution is 2.32. The van der Waals surface area contributed by atoms with Crippen molar-refractivity contribution in [3.05, 3.63) is 65.7 Å². The van der Waals surface area contributed by atoms with Gasteiger partial charge in [0.25, 0.3) is 5.91 Å². The van der Waals surface area contributed by atoms with Crippen LogP contribution in [0.1, 0.15) is 18.1 Å². The maximum absolute atomic E-state index is 13.2. The summed E-state index contributed by atoms with van der Waals surface area (Å²) < 4.78 is 4.96. The topological polar surface area (TPSA) is 62.2 Å². The fraction of sp³-hybridized carbons (Fsp3) is 0.286. The number of carbonyl (C=O) groups is 2. The zero-order valence-electron chi connectivity index (χ0n) is 15.3. The molecule has 2 aromatic rings. The van der Waals surface area contributed by atoms with E-state index in [0.717, 1.165) is 22.5 Å². The molecule has 1 fully saturated rings. The summed E-state index contributed by atoms with van der Waals surface area (Å²) in [5.41, 5.74) is 3.78. The van der Waals surface area contributed by atoms with E-state index in [4.69, 9.17) is 9.84 Å². The second-order valence-electron chi connectivity index (χ2n) is 6.87. The monoisotopic (exact) mass is 363 g/mol. The molecule has 1 saturated heterocycles. The highest BCUT2D eigenvalue weighted by atomic mass is 16.6. The van der Waals surface area contributed by atoms with E-state index in [1.54, 1.807) is 5.01 Å². The summed E-state index contributed by atoms with van der Waals surface area (Å²) in [6.45, 7) is 4.53. The van der Waals surface area contributed by atoms with Gasteiger partial charge in [-0.25, -0.2) is 9.69 Å². The first kappa shape index (κ1) is 17.3. The minimum absolute atomic E-state index is 0.173. The summed E-state index contributed by atoms with van der Waals surface area (Å²) in [4.78, 5) is 26.3. The van der Waals surface area contributed by atoms with Gasteiger partial charge in [-0.05, 0) is 24.6 Å². The quantitative estimate of drug-likeness (QED) is 0.840. The van der Waals surface area contributed by atoms with Gasteiger partial charge in [-0.2, -0.15) is 5.10 Å². The summed E-state index contributed by atoms with van der Waals surface area (Å²) in [7, 11) is 0. The van der Waals surface area contributed by atoms with Gasteiger partial charge in [-0.3, -0.25) is 9.80 Å². The van der Waals surface area contributed by atoms with Crippen LogP contribution in [0.2, 0.25) is 0 Å². The highest BCUT2D eigenvalue weighted by molar-refractivity contribution is 6.10. The van der Waals surface area contributed by atoms with Gasteiger partial charge in [0.15, 0.2) is 0 Å². The van der Waals surface area contributed by atoms with Crippen LogP contribution in [0.3, 0.4) is 0 Å². The molecule has 2 atom stereocenters. The third kappa shape index (κ3) is 3.07. The molecule has 0 aliphatic carbocycles. The van der Waals surface area contributed by atoms with Gasteiger partial charge in [0.05, 0.1) is 17.9 Å². The number of hydrogen-bond donors (Lipinski definition) is 0. The Bertz CT molecular complexity index is 910. The lowest BCUT2D eigenvalue weighted by atomic mass is 9.91. The van der Waals surface area contributed by atoms with Crippen molar-refractivity contribution >= 4 is 23.4 Å². The van der Waals surface area contributed by atoms with Crippen molar-refractivity contribution in [2.45, 2.75) is 19.9 Å². The third-order valence-corrected chi connectivity index (χ3v) is 5.00. The molecule has 0 N–H and O–H groups in total. The number of para-hydroxylation sites is 1. The smallest absolute Gasteiger partial charge is 0.416 e. The lowest BCUT2D eigenvalue weighted by molar-refractivity contribution is -0.129.